The number of anilines is 1. The van der Waals surface area contributed by atoms with Crippen LogP contribution >= 0.6 is 11.6 Å². The average molecular weight is 479 g/mol. The minimum absolute atomic E-state index is 0.192. The van der Waals surface area contributed by atoms with Crippen LogP contribution in [-0.4, -0.2) is 64.3 Å². The largest absolute Gasteiger partial charge is 0.466 e. The number of hydrogen-bond donors (Lipinski definition) is 2. The second kappa shape index (κ2) is 8.89. The lowest BCUT2D eigenvalue weighted by Crippen LogP contribution is -2.56. The molecular formula is C24H31ClN2O6. The zero-order valence-corrected chi connectivity index (χ0v) is 19.9. The number of carbonyl (C=O) groups excluding carboxylic acids is 3. The van der Waals surface area contributed by atoms with E-state index >= 15 is 0 Å². The highest BCUT2D eigenvalue weighted by Gasteiger charge is 2.79. The summed E-state index contributed by atoms with van der Waals surface area (Å²) in [6.45, 7) is 5.39. The monoisotopic (exact) mass is 478 g/mol. The summed E-state index contributed by atoms with van der Waals surface area (Å²) in [5.41, 5.74) is -1.59. The number of ether oxygens (including phenoxy) is 2. The second-order valence-corrected chi connectivity index (χ2v) is 9.45. The molecule has 2 bridgehead atoms. The Bertz CT molecular complexity index is 953. The van der Waals surface area contributed by atoms with E-state index in [0.717, 1.165) is 0 Å². The maximum atomic E-state index is 13.9. The Morgan fingerprint density at radius 1 is 1.30 bits per heavy atom. The molecule has 2 unspecified atom stereocenters. The molecule has 3 heterocycles. The standard InChI is InChI=1S/C24H31ClN2O6/c1-4-14(13-28)27-19(20(29)26-16-10-8-7-9-15(16)25)24-12-11-23(5-2,33-24)18(17(24)21(27)30)22(31)32-6-3/h7-10,14,17-19,28H,4-6,11-13H2,1-3H3,(H,26,29)/t14-,17-,18+,19?,23-,24?/m0/s1. The molecule has 0 saturated carbocycles. The fraction of sp³-hybridized carbons (Fsp3) is 0.625. The average Bonchev–Trinajstić information content (AvgIpc) is 3.40. The number of fused-ring (bicyclic) bond motifs is 1. The summed E-state index contributed by atoms with van der Waals surface area (Å²) in [5, 5.41) is 13.3. The molecule has 3 aliphatic rings. The van der Waals surface area contributed by atoms with Crippen molar-refractivity contribution in [3.05, 3.63) is 29.3 Å². The third-order valence-electron chi connectivity index (χ3n) is 7.61. The number of nitrogens with zero attached hydrogens (tertiary/aromatic N) is 1. The molecule has 180 valence electrons. The molecule has 9 heteroatoms. The van der Waals surface area contributed by atoms with E-state index < -0.39 is 47.0 Å². The lowest BCUT2D eigenvalue weighted by Gasteiger charge is -2.37. The van der Waals surface area contributed by atoms with E-state index in [1.165, 1.54) is 4.90 Å². The summed E-state index contributed by atoms with van der Waals surface area (Å²) in [6, 6.07) is 5.27. The van der Waals surface area contributed by atoms with Crippen LogP contribution in [0.25, 0.3) is 0 Å². The number of amides is 2. The molecule has 33 heavy (non-hydrogen) atoms. The Kier molecular flexibility index (Phi) is 6.46. The number of benzene rings is 1. The van der Waals surface area contributed by atoms with Crippen LogP contribution in [0.4, 0.5) is 5.69 Å². The zero-order chi connectivity index (χ0) is 24.0. The summed E-state index contributed by atoms with van der Waals surface area (Å²) in [4.78, 5) is 42.1. The number of halogens is 1. The molecule has 0 aliphatic carbocycles. The molecule has 1 aromatic carbocycles. The fourth-order valence-electron chi connectivity index (χ4n) is 6.12. The van der Waals surface area contributed by atoms with Crippen molar-refractivity contribution in [3.8, 4) is 0 Å². The van der Waals surface area contributed by atoms with Crippen molar-refractivity contribution < 1.29 is 29.0 Å². The first-order valence-corrected chi connectivity index (χ1v) is 12.0. The van der Waals surface area contributed by atoms with Crippen LogP contribution in [0.1, 0.15) is 46.5 Å². The highest BCUT2D eigenvalue weighted by molar-refractivity contribution is 6.33. The predicted molar refractivity (Wildman–Crippen MR) is 122 cm³/mol. The van der Waals surface area contributed by atoms with E-state index in [-0.39, 0.29) is 19.1 Å². The Labute approximate surface area is 198 Å². The van der Waals surface area contributed by atoms with Crippen molar-refractivity contribution in [2.45, 2.75) is 69.7 Å². The van der Waals surface area contributed by atoms with Gasteiger partial charge in [0.25, 0.3) is 0 Å². The number of likely N-dealkylation sites (tertiary alicyclic amines) is 1. The van der Waals surface area contributed by atoms with Gasteiger partial charge in [0.2, 0.25) is 11.8 Å². The molecule has 0 radical (unpaired) electrons. The third-order valence-corrected chi connectivity index (χ3v) is 7.94. The van der Waals surface area contributed by atoms with Crippen molar-refractivity contribution >= 4 is 35.1 Å². The molecule has 1 spiro atoms. The normalized spacial score (nSPS) is 33.2. The van der Waals surface area contributed by atoms with Gasteiger partial charge in [-0.1, -0.05) is 37.6 Å². The number of aliphatic hydroxyl groups is 1. The van der Waals surface area contributed by atoms with Crippen molar-refractivity contribution in [2.75, 3.05) is 18.5 Å². The zero-order valence-electron chi connectivity index (χ0n) is 19.2. The van der Waals surface area contributed by atoms with Gasteiger partial charge in [-0.2, -0.15) is 0 Å². The lowest BCUT2D eigenvalue weighted by molar-refractivity contribution is -0.161. The molecule has 2 amide bonds. The summed E-state index contributed by atoms with van der Waals surface area (Å²) < 4.78 is 12.0. The summed E-state index contributed by atoms with van der Waals surface area (Å²) >= 11 is 6.26. The van der Waals surface area contributed by atoms with Gasteiger partial charge in [0.05, 0.1) is 41.5 Å². The Balaban J connectivity index is 1.80. The van der Waals surface area contributed by atoms with Gasteiger partial charge >= 0.3 is 5.97 Å². The van der Waals surface area contributed by atoms with Gasteiger partial charge in [-0.3, -0.25) is 14.4 Å². The maximum Gasteiger partial charge on any atom is 0.312 e. The summed E-state index contributed by atoms with van der Waals surface area (Å²) in [5.74, 6) is -2.89. The Morgan fingerprint density at radius 2 is 2.03 bits per heavy atom. The first-order chi connectivity index (χ1) is 15.8. The maximum absolute atomic E-state index is 13.9. The number of esters is 1. The number of nitrogens with one attached hydrogen (secondary N) is 1. The van der Waals surface area contributed by atoms with Gasteiger partial charge in [-0.05, 0) is 44.7 Å². The van der Waals surface area contributed by atoms with Gasteiger partial charge in [-0.15, -0.1) is 0 Å². The van der Waals surface area contributed by atoms with Crippen molar-refractivity contribution in [1.29, 1.82) is 0 Å². The van der Waals surface area contributed by atoms with Crippen LogP contribution in [0.15, 0.2) is 24.3 Å². The molecule has 3 aliphatic heterocycles. The first kappa shape index (κ1) is 24.0. The van der Waals surface area contributed by atoms with Gasteiger partial charge < -0.3 is 24.8 Å². The van der Waals surface area contributed by atoms with Crippen LogP contribution in [0.5, 0.6) is 0 Å². The van der Waals surface area contributed by atoms with E-state index in [2.05, 4.69) is 5.32 Å². The Hall–Kier alpha value is -2.16. The molecule has 0 aromatic heterocycles. The first-order valence-electron chi connectivity index (χ1n) is 11.6. The molecule has 1 aromatic rings. The smallest absolute Gasteiger partial charge is 0.312 e. The van der Waals surface area contributed by atoms with Gasteiger partial charge in [-0.25, -0.2) is 0 Å². The quantitative estimate of drug-likeness (QED) is 0.557. The van der Waals surface area contributed by atoms with E-state index in [0.29, 0.717) is 36.4 Å². The highest BCUT2D eigenvalue weighted by atomic mass is 35.5. The minimum atomic E-state index is -1.17. The number of rotatable bonds is 8. The topological polar surface area (TPSA) is 105 Å². The van der Waals surface area contributed by atoms with E-state index in [1.807, 2.05) is 13.8 Å². The number of carbonyl (C=O) groups is 3. The highest BCUT2D eigenvalue weighted by Crippen LogP contribution is 2.64. The summed E-state index contributed by atoms with van der Waals surface area (Å²) in [7, 11) is 0. The van der Waals surface area contributed by atoms with Crippen LogP contribution in [-0.2, 0) is 23.9 Å². The van der Waals surface area contributed by atoms with Crippen LogP contribution < -0.4 is 5.32 Å². The van der Waals surface area contributed by atoms with E-state index in [1.54, 1.807) is 31.2 Å². The third kappa shape index (κ3) is 3.45. The van der Waals surface area contributed by atoms with Crippen LogP contribution in [0, 0.1) is 11.8 Å². The fourth-order valence-corrected chi connectivity index (χ4v) is 6.30. The predicted octanol–water partition coefficient (Wildman–Crippen LogP) is 2.77. The van der Waals surface area contributed by atoms with Gasteiger partial charge in [0, 0.05) is 0 Å². The molecule has 3 saturated heterocycles. The van der Waals surface area contributed by atoms with Crippen molar-refractivity contribution in [3.63, 3.8) is 0 Å². The molecule has 3 fully saturated rings. The van der Waals surface area contributed by atoms with Crippen LogP contribution in [0.3, 0.4) is 0 Å². The van der Waals surface area contributed by atoms with Gasteiger partial charge in [0.15, 0.2) is 0 Å². The lowest BCUT2D eigenvalue weighted by atomic mass is 9.65. The SMILES string of the molecule is CCOC(=O)[C@H]1[C@H]2C(=O)N([C@@H](CC)CO)C(C(=O)Nc3ccccc3Cl)C23CC[C@]1(CC)O3. The molecule has 4 rings (SSSR count). The van der Waals surface area contributed by atoms with E-state index in [4.69, 9.17) is 21.1 Å². The number of hydrogen-bond acceptors (Lipinski definition) is 6. The minimum Gasteiger partial charge on any atom is -0.466 e. The summed E-state index contributed by atoms with van der Waals surface area (Å²) in [6.07, 6.45) is 1.99. The molecule has 2 N–H and O–H groups in total. The molecular weight excluding hydrogens is 448 g/mol. The van der Waals surface area contributed by atoms with Crippen molar-refractivity contribution in [1.82, 2.24) is 4.90 Å². The van der Waals surface area contributed by atoms with Crippen LogP contribution in [0.2, 0.25) is 5.02 Å². The Morgan fingerprint density at radius 3 is 2.64 bits per heavy atom. The molecule has 8 nitrogen and oxygen atoms in total. The molecule has 6 atom stereocenters. The number of para-hydroxylation sites is 1. The number of aliphatic hydroxyl groups excluding tert-OH is 1. The second-order valence-electron chi connectivity index (χ2n) is 9.04. The van der Waals surface area contributed by atoms with Crippen molar-refractivity contribution in [2.24, 2.45) is 11.8 Å². The van der Waals surface area contributed by atoms with Gasteiger partial charge in [0.1, 0.15) is 17.6 Å². The van der Waals surface area contributed by atoms with E-state index in [9.17, 15) is 19.5 Å².